The van der Waals surface area contributed by atoms with Gasteiger partial charge in [-0.3, -0.25) is 4.79 Å². The lowest BCUT2D eigenvalue weighted by atomic mass is 10.2. The minimum absolute atomic E-state index is 0.0320. The van der Waals surface area contributed by atoms with Gasteiger partial charge < -0.3 is 18.7 Å². The number of carbonyl (C=O) groups is 2. The summed E-state index contributed by atoms with van der Waals surface area (Å²) in [7, 11) is 0. The van der Waals surface area contributed by atoms with E-state index in [0.717, 1.165) is 18.2 Å². The maximum Gasteiger partial charge on any atom is 0.338 e. The zero-order valence-electron chi connectivity index (χ0n) is 15.3. The molecule has 28 heavy (non-hydrogen) atoms. The number of rotatable bonds is 7. The van der Waals surface area contributed by atoms with E-state index < -0.39 is 0 Å². The second-order valence-corrected chi connectivity index (χ2v) is 6.52. The highest BCUT2D eigenvalue weighted by molar-refractivity contribution is 5.89. The lowest BCUT2D eigenvalue weighted by Crippen LogP contribution is -2.09. The molecule has 3 aromatic rings. The second-order valence-electron chi connectivity index (χ2n) is 6.52. The maximum absolute atomic E-state index is 11.8. The van der Waals surface area contributed by atoms with Crippen molar-refractivity contribution in [2.24, 2.45) is 5.92 Å². The van der Waals surface area contributed by atoms with Crippen molar-refractivity contribution in [2.45, 2.75) is 26.4 Å². The van der Waals surface area contributed by atoms with Crippen molar-refractivity contribution in [3.05, 3.63) is 53.7 Å². The van der Waals surface area contributed by atoms with Gasteiger partial charge >= 0.3 is 11.9 Å². The summed E-state index contributed by atoms with van der Waals surface area (Å²) in [6, 6.07) is 11.9. The summed E-state index contributed by atoms with van der Waals surface area (Å²) in [6.45, 7) is 2.29. The van der Waals surface area contributed by atoms with E-state index in [1.54, 1.807) is 49.4 Å². The summed E-state index contributed by atoms with van der Waals surface area (Å²) in [5, 5.41) is 4.82. The maximum atomic E-state index is 11.8. The summed E-state index contributed by atoms with van der Waals surface area (Å²) >= 11 is 0. The Bertz CT molecular complexity index is 1000. The first kappa shape index (κ1) is 18.0. The molecule has 0 saturated heterocycles. The van der Waals surface area contributed by atoms with Crippen molar-refractivity contribution in [3.8, 4) is 11.5 Å². The second kappa shape index (κ2) is 7.72. The summed E-state index contributed by atoms with van der Waals surface area (Å²) in [5.41, 5.74) is 1.62. The van der Waals surface area contributed by atoms with Gasteiger partial charge in [-0.15, -0.1) is 0 Å². The van der Waals surface area contributed by atoms with Crippen molar-refractivity contribution in [1.29, 1.82) is 0 Å². The Balaban J connectivity index is 1.40. The Hall–Kier alpha value is -3.35. The number of fused-ring (bicyclic) bond motifs is 1. The summed E-state index contributed by atoms with van der Waals surface area (Å²) < 4.78 is 21.3. The highest BCUT2D eigenvalue weighted by atomic mass is 16.5. The molecule has 0 bridgehead atoms. The lowest BCUT2D eigenvalue weighted by molar-refractivity contribution is -0.135. The predicted octanol–water partition coefficient (Wildman–Crippen LogP) is 3.90. The van der Waals surface area contributed by atoms with Crippen LogP contribution in [0.15, 0.2) is 47.0 Å². The van der Waals surface area contributed by atoms with Crippen LogP contribution in [0.1, 0.15) is 35.8 Å². The Morgan fingerprint density at radius 2 is 1.86 bits per heavy atom. The molecule has 1 heterocycles. The molecular weight excluding hydrogens is 362 g/mol. The van der Waals surface area contributed by atoms with Gasteiger partial charge in [0.2, 0.25) is 0 Å². The Labute approximate surface area is 161 Å². The number of carbonyl (C=O) groups excluding carboxylic acids is 2. The molecule has 1 aliphatic carbocycles. The molecule has 0 aliphatic heterocycles. The van der Waals surface area contributed by atoms with E-state index in [2.05, 4.69) is 5.16 Å². The number of nitrogens with zero attached hydrogens (tertiary/aromatic N) is 1. The summed E-state index contributed by atoms with van der Waals surface area (Å²) in [5.74, 6) is 0.509. The van der Waals surface area contributed by atoms with Gasteiger partial charge in [-0.25, -0.2) is 4.79 Å². The van der Waals surface area contributed by atoms with E-state index in [1.807, 2.05) is 0 Å². The Morgan fingerprint density at radius 1 is 1.11 bits per heavy atom. The van der Waals surface area contributed by atoms with E-state index in [9.17, 15) is 9.59 Å². The highest BCUT2D eigenvalue weighted by Crippen LogP contribution is 2.32. The molecule has 0 radical (unpaired) electrons. The van der Waals surface area contributed by atoms with Gasteiger partial charge in [-0.05, 0) is 56.2 Å². The van der Waals surface area contributed by atoms with Gasteiger partial charge in [-0.2, -0.15) is 0 Å². The van der Waals surface area contributed by atoms with Crippen molar-refractivity contribution in [3.63, 3.8) is 0 Å². The van der Waals surface area contributed by atoms with Crippen LogP contribution in [0.3, 0.4) is 0 Å². The van der Waals surface area contributed by atoms with E-state index in [0.29, 0.717) is 34.9 Å². The molecular formula is C21H19NO6. The van der Waals surface area contributed by atoms with Crippen molar-refractivity contribution >= 4 is 22.9 Å². The number of aromatic nitrogens is 1. The fraction of sp³-hybridized carbons (Fsp3) is 0.286. The van der Waals surface area contributed by atoms with Crippen LogP contribution < -0.4 is 9.47 Å². The smallest absolute Gasteiger partial charge is 0.338 e. The lowest BCUT2D eigenvalue weighted by Gasteiger charge is -2.06. The molecule has 7 nitrogen and oxygen atoms in total. The molecule has 144 valence electrons. The SMILES string of the molecule is CCOC(=O)c1ccc(OCc2noc3cc(OC(=O)C4CC4)ccc23)cc1. The average Bonchev–Trinajstić information content (AvgIpc) is 3.48. The first-order valence-electron chi connectivity index (χ1n) is 9.14. The summed E-state index contributed by atoms with van der Waals surface area (Å²) in [4.78, 5) is 23.4. The molecule has 0 amide bonds. The minimum atomic E-state index is -0.366. The zero-order chi connectivity index (χ0) is 19.5. The van der Waals surface area contributed by atoms with Crippen LogP contribution in [-0.4, -0.2) is 23.7 Å². The van der Waals surface area contributed by atoms with Gasteiger partial charge in [0.1, 0.15) is 23.8 Å². The van der Waals surface area contributed by atoms with E-state index >= 15 is 0 Å². The van der Waals surface area contributed by atoms with Crippen LogP contribution in [0.2, 0.25) is 0 Å². The van der Waals surface area contributed by atoms with Crippen molar-refractivity contribution < 1.29 is 28.3 Å². The van der Waals surface area contributed by atoms with Gasteiger partial charge in [0.25, 0.3) is 0 Å². The Kier molecular flexibility index (Phi) is 4.97. The predicted molar refractivity (Wildman–Crippen MR) is 99.1 cm³/mol. The van der Waals surface area contributed by atoms with E-state index in [-0.39, 0.29) is 24.5 Å². The molecule has 1 aliphatic rings. The topological polar surface area (TPSA) is 87.9 Å². The average molecular weight is 381 g/mol. The number of hydrogen-bond acceptors (Lipinski definition) is 7. The molecule has 7 heteroatoms. The summed E-state index contributed by atoms with van der Waals surface area (Å²) in [6.07, 6.45) is 1.79. The first-order valence-corrected chi connectivity index (χ1v) is 9.14. The van der Waals surface area contributed by atoms with Gasteiger partial charge in [-0.1, -0.05) is 5.16 Å². The number of ether oxygens (including phenoxy) is 3. The third kappa shape index (κ3) is 3.98. The van der Waals surface area contributed by atoms with Crippen LogP contribution in [0.25, 0.3) is 11.0 Å². The monoisotopic (exact) mass is 381 g/mol. The standard InChI is InChI=1S/C21H19NO6/c1-2-25-20(23)13-5-7-15(8-6-13)26-12-18-17-10-9-16(11-19(17)28-22-18)27-21(24)14-3-4-14/h5-11,14H,2-4,12H2,1H3. The van der Waals surface area contributed by atoms with Gasteiger partial charge in [0.05, 0.1) is 18.1 Å². The number of hydrogen-bond donors (Lipinski definition) is 0. The quantitative estimate of drug-likeness (QED) is 0.453. The molecule has 2 aromatic carbocycles. The molecule has 0 atom stereocenters. The zero-order valence-corrected chi connectivity index (χ0v) is 15.3. The van der Waals surface area contributed by atoms with Gasteiger partial charge in [0, 0.05) is 11.5 Å². The third-order valence-corrected chi connectivity index (χ3v) is 4.39. The van der Waals surface area contributed by atoms with Crippen LogP contribution in [0.4, 0.5) is 0 Å². The highest BCUT2D eigenvalue weighted by Gasteiger charge is 2.31. The largest absolute Gasteiger partial charge is 0.487 e. The molecule has 0 spiro atoms. The normalized spacial score (nSPS) is 13.3. The first-order chi connectivity index (χ1) is 13.6. The number of esters is 2. The van der Waals surface area contributed by atoms with Crippen LogP contribution in [-0.2, 0) is 16.1 Å². The molecule has 0 N–H and O–H groups in total. The molecule has 4 rings (SSSR count). The fourth-order valence-electron chi connectivity index (χ4n) is 2.71. The van der Waals surface area contributed by atoms with Crippen molar-refractivity contribution in [1.82, 2.24) is 5.16 Å². The van der Waals surface area contributed by atoms with Crippen LogP contribution >= 0.6 is 0 Å². The van der Waals surface area contributed by atoms with E-state index in [4.69, 9.17) is 18.7 Å². The fourth-order valence-corrected chi connectivity index (χ4v) is 2.71. The Morgan fingerprint density at radius 3 is 2.57 bits per heavy atom. The minimum Gasteiger partial charge on any atom is -0.487 e. The molecule has 1 aromatic heterocycles. The van der Waals surface area contributed by atoms with Gasteiger partial charge in [0.15, 0.2) is 5.58 Å². The van der Waals surface area contributed by atoms with Crippen LogP contribution in [0, 0.1) is 5.92 Å². The van der Waals surface area contributed by atoms with Crippen molar-refractivity contribution in [2.75, 3.05) is 6.61 Å². The van der Waals surface area contributed by atoms with E-state index in [1.165, 1.54) is 0 Å². The molecule has 1 fully saturated rings. The van der Waals surface area contributed by atoms with Crippen LogP contribution in [0.5, 0.6) is 11.5 Å². The molecule has 0 unspecified atom stereocenters. The third-order valence-electron chi connectivity index (χ3n) is 4.39. The number of benzene rings is 2. The molecule has 1 saturated carbocycles.